The number of fused-ring (bicyclic) bond motifs is 2. The largest absolute Gasteiger partial charge is 0.316 e. The number of rotatable bonds is 3. The summed E-state index contributed by atoms with van der Waals surface area (Å²) in [5, 5.41) is 9.70. The quantitative estimate of drug-likeness (QED) is 0.861. The minimum Gasteiger partial charge on any atom is -0.316 e. The zero-order chi connectivity index (χ0) is 17.1. The Hall–Kier alpha value is -1.03. The normalized spacial score (nSPS) is 30.6. The van der Waals surface area contributed by atoms with Crippen LogP contribution in [0.5, 0.6) is 0 Å². The maximum atomic E-state index is 6.33. The Morgan fingerprint density at radius 3 is 2.92 bits per heavy atom. The van der Waals surface area contributed by atoms with Gasteiger partial charge < -0.3 is 5.32 Å². The zero-order valence-electron chi connectivity index (χ0n) is 14.3. The lowest BCUT2D eigenvalue weighted by Gasteiger charge is -2.32. The van der Waals surface area contributed by atoms with Crippen molar-refractivity contribution in [2.24, 2.45) is 5.41 Å². The second-order valence-electron chi connectivity index (χ2n) is 8.08. The number of benzene rings is 1. The van der Waals surface area contributed by atoms with E-state index in [0.29, 0.717) is 10.0 Å². The molecule has 1 aliphatic heterocycles. The Bertz CT molecular complexity index is 830. The number of nitrogens with zero attached hydrogens (tertiary/aromatic N) is 2. The molecule has 0 amide bonds. The van der Waals surface area contributed by atoms with Crippen molar-refractivity contribution >= 4 is 23.2 Å². The molecule has 5 heteroatoms. The van der Waals surface area contributed by atoms with Crippen molar-refractivity contribution in [3.8, 4) is 0 Å². The van der Waals surface area contributed by atoms with E-state index in [-0.39, 0.29) is 10.8 Å². The summed E-state index contributed by atoms with van der Waals surface area (Å²) in [6, 6.07) is 6.23. The fourth-order valence-corrected chi connectivity index (χ4v) is 5.63. The summed E-state index contributed by atoms with van der Waals surface area (Å²) in [5.41, 5.74) is 4.76. The highest BCUT2D eigenvalue weighted by Gasteiger charge is 2.68. The molecular formula is C20H23Cl2N3. The molecule has 1 aromatic heterocycles. The monoisotopic (exact) mass is 375 g/mol. The molecule has 1 saturated carbocycles. The molecule has 25 heavy (non-hydrogen) atoms. The highest BCUT2D eigenvalue weighted by atomic mass is 35.5. The standard InChI is InChI=1S/C20H23Cl2N3/c21-16-6-5-15(9-17(16)22)20-7-8-23-12-19(20,11-20)13-25-18-4-2-1-3-14(18)10-24-25/h5-6,9-10,23H,1-4,7-8,11-13H2. The molecule has 132 valence electrons. The van der Waals surface area contributed by atoms with E-state index in [4.69, 9.17) is 28.3 Å². The Balaban J connectivity index is 1.49. The van der Waals surface area contributed by atoms with Crippen molar-refractivity contribution in [1.29, 1.82) is 0 Å². The van der Waals surface area contributed by atoms with Crippen LogP contribution in [0.2, 0.25) is 10.0 Å². The highest BCUT2D eigenvalue weighted by molar-refractivity contribution is 6.42. The topological polar surface area (TPSA) is 29.9 Å². The van der Waals surface area contributed by atoms with Crippen LogP contribution >= 0.6 is 23.2 Å². The maximum Gasteiger partial charge on any atom is 0.0595 e. The van der Waals surface area contributed by atoms with E-state index in [9.17, 15) is 0 Å². The number of aryl methyl sites for hydroxylation is 1. The first-order valence-electron chi connectivity index (χ1n) is 9.33. The van der Waals surface area contributed by atoms with Gasteiger partial charge in [0.15, 0.2) is 0 Å². The Kier molecular flexibility index (Phi) is 3.71. The van der Waals surface area contributed by atoms with Crippen molar-refractivity contribution in [3.63, 3.8) is 0 Å². The van der Waals surface area contributed by atoms with Crippen molar-refractivity contribution < 1.29 is 0 Å². The van der Waals surface area contributed by atoms with Gasteiger partial charge in [-0.2, -0.15) is 5.10 Å². The van der Waals surface area contributed by atoms with Crippen LogP contribution in [-0.4, -0.2) is 22.9 Å². The Labute approximate surface area is 158 Å². The van der Waals surface area contributed by atoms with Gasteiger partial charge in [-0.25, -0.2) is 0 Å². The Morgan fingerprint density at radius 2 is 2.04 bits per heavy atom. The van der Waals surface area contributed by atoms with Gasteiger partial charge in [0, 0.05) is 29.6 Å². The molecular weight excluding hydrogens is 353 g/mol. The van der Waals surface area contributed by atoms with Gasteiger partial charge in [0.2, 0.25) is 0 Å². The number of nitrogens with one attached hydrogen (secondary N) is 1. The van der Waals surface area contributed by atoms with E-state index < -0.39 is 0 Å². The summed E-state index contributed by atoms with van der Waals surface area (Å²) >= 11 is 12.5. The molecule has 2 heterocycles. The summed E-state index contributed by atoms with van der Waals surface area (Å²) in [6.07, 6.45) is 9.44. The third-order valence-electron chi connectivity index (χ3n) is 6.79. The zero-order valence-corrected chi connectivity index (χ0v) is 15.8. The molecule has 1 N–H and O–H groups in total. The number of piperidine rings is 1. The van der Waals surface area contributed by atoms with Crippen molar-refractivity contribution in [3.05, 3.63) is 51.3 Å². The molecule has 3 nitrogen and oxygen atoms in total. The molecule has 0 bridgehead atoms. The predicted octanol–water partition coefficient (Wildman–Crippen LogP) is 4.39. The van der Waals surface area contributed by atoms with Gasteiger partial charge in [-0.3, -0.25) is 4.68 Å². The second-order valence-corrected chi connectivity index (χ2v) is 8.89. The summed E-state index contributed by atoms with van der Waals surface area (Å²) in [6.45, 7) is 3.14. The molecule has 2 aliphatic carbocycles. The van der Waals surface area contributed by atoms with Crippen molar-refractivity contribution in [2.75, 3.05) is 13.1 Å². The molecule has 2 aromatic rings. The van der Waals surface area contributed by atoms with Gasteiger partial charge in [-0.15, -0.1) is 0 Å². The first kappa shape index (κ1) is 16.2. The predicted molar refractivity (Wildman–Crippen MR) is 102 cm³/mol. The summed E-state index contributed by atoms with van der Waals surface area (Å²) in [5.74, 6) is 0. The Morgan fingerprint density at radius 1 is 1.16 bits per heavy atom. The molecule has 2 atom stereocenters. The van der Waals surface area contributed by atoms with E-state index in [1.54, 1.807) is 0 Å². The number of halogens is 2. The fraction of sp³-hybridized carbons (Fsp3) is 0.550. The molecule has 5 rings (SSSR count). The lowest BCUT2D eigenvalue weighted by Crippen LogP contribution is -2.41. The van der Waals surface area contributed by atoms with Crippen molar-refractivity contribution in [1.82, 2.24) is 15.1 Å². The van der Waals surface area contributed by atoms with Crippen molar-refractivity contribution in [2.45, 2.75) is 50.5 Å². The van der Waals surface area contributed by atoms with Gasteiger partial charge in [-0.05, 0) is 68.3 Å². The van der Waals surface area contributed by atoms with Crippen LogP contribution in [0.1, 0.15) is 42.5 Å². The number of hydrogen-bond acceptors (Lipinski definition) is 2. The summed E-state index contributed by atoms with van der Waals surface area (Å²) in [7, 11) is 0. The summed E-state index contributed by atoms with van der Waals surface area (Å²) < 4.78 is 2.31. The first-order chi connectivity index (χ1) is 12.1. The molecule has 0 radical (unpaired) electrons. The average molecular weight is 376 g/mol. The molecule has 0 spiro atoms. The smallest absolute Gasteiger partial charge is 0.0595 e. The number of aromatic nitrogens is 2. The fourth-order valence-electron chi connectivity index (χ4n) is 5.34. The molecule has 2 fully saturated rings. The van der Waals surface area contributed by atoms with E-state index in [0.717, 1.165) is 26.1 Å². The number of hydrogen-bond donors (Lipinski definition) is 1. The van der Waals surface area contributed by atoms with E-state index in [2.05, 4.69) is 28.3 Å². The van der Waals surface area contributed by atoms with Crippen LogP contribution < -0.4 is 5.32 Å². The third-order valence-corrected chi connectivity index (χ3v) is 7.53. The molecule has 1 saturated heterocycles. The van der Waals surface area contributed by atoms with Gasteiger partial charge in [0.1, 0.15) is 0 Å². The third kappa shape index (κ3) is 2.39. The molecule has 1 aromatic carbocycles. The minimum atomic E-state index is 0.222. The van der Waals surface area contributed by atoms with Gasteiger partial charge >= 0.3 is 0 Å². The van der Waals surface area contributed by atoms with E-state index in [1.807, 2.05) is 6.07 Å². The SMILES string of the molecule is Clc1ccc(C23CCNCC2(Cn2ncc4c2CCCC4)C3)cc1Cl. The van der Waals surface area contributed by atoms with Crippen LogP contribution in [0.25, 0.3) is 0 Å². The molecule has 2 unspecified atom stereocenters. The van der Waals surface area contributed by atoms with Gasteiger partial charge in [-0.1, -0.05) is 29.3 Å². The summed E-state index contributed by atoms with van der Waals surface area (Å²) in [4.78, 5) is 0. The van der Waals surface area contributed by atoms with Crippen LogP contribution in [0, 0.1) is 5.41 Å². The van der Waals surface area contributed by atoms with Crippen LogP contribution in [0.4, 0.5) is 0 Å². The van der Waals surface area contributed by atoms with Gasteiger partial charge in [0.25, 0.3) is 0 Å². The van der Waals surface area contributed by atoms with Crippen LogP contribution in [0.3, 0.4) is 0 Å². The average Bonchev–Trinajstić information content (AvgIpc) is 3.16. The minimum absolute atomic E-state index is 0.222. The lowest BCUT2D eigenvalue weighted by atomic mass is 9.81. The van der Waals surface area contributed by atoms with E-state index >= 15 is 0 Å². The second kappa shape index (κ2) is 5.73. The first-order valence-corrected chi connectivity index (χ1v) is 10.1. The highest BCUT2D eigenvalue weighted by Crippen LogP contribution is 2.68. The van der Waals surface area contributed by atoms with Crippen LogP contribution in [0.15, 0.2) is 24.4 Å². The van der Waals surface area contributed by atoms with Gasteiger partial charge in [0.05, 0.1) is 16.2 Å². The molecule has 3 aliphatic rings. The lowest BCUT2D eigenvalue weighted by molar-refractivity contribution is 0.271. The van der Waals surface area contributed by atoms with E-state index in [1.165, 1.54) is 48.9 Å². The maximum absolute atomic E-state index is 6.33. The van der Waals surface area contributed by atoms with Crippen LogP contribution in [-0.2, 0) is 24.8 Å².